The minimum absolute atomic E-state index is 0.0111. The zero-order valence-electron chi connectivity index (χ0n) is 10.0. The van der Waals surface area contributed by atoms with Crippen LogP contribution in [0.25, 0.3) is 0 Å². The van der Waals surface area contributed by atoms with E-state index in [1.54, 1.807) is 13.0 Å². The molecular formula is C13H9FN2O3. The molecule has 0 atom stereocenters. The minimum Gasteiger partial charge on any atom is -0.359 e. The lowest BCUT2D eigenvalue weighted by atomic mass is 10.1. The van der Waals surface area contributed by atoms with Gasteiger partial charge in [0.25, 0.3) is 11.7 Å². The Morgan fingerprint density at radius 3 is 2.84 bits per heavy atom. The third-order valence-corrected chi connectivity index (χ3v) is 2.97. The normalized spacial score (nSPS) is 14.1. The summed E-state index contributed by atoms with van der Waals surface area (Å²) in [7, 11) is 0. The molecule has 1 aromatic heterocycles. The van der Waals surface area contributed by atoms with Crippen LogP contribution < -0.4 is 4.90 Å². The summed E-state index contributed by atoms with van der Waals surface area (Å²) >= 11 is 0. The molecule has 0 radical (unpaired) electrons. The molecule has 1 amide bonds. The molecule has 0 spiro atoms. The van der Waals surface area contributed by atoms with Crippen molar-refractivity contribution in [2.24, 2.45) is 0 Å². The molecule has 0 saturated heterocycles. The van der Waals surface area contributed by atoms with Crippen molar-refractivity contribution >= 4 is 17.4 Å². The topological polar surface area (TPSA) is 63.4 Å². The highest BCUT2D eigenvalue weighted by molar-refractivity contribution is 6.52. The van der Waals surface area contributed by atoms with Crippen molar-refractivity contribution < 1.29 is 18.5 Å². The van der Waals surface area contributed by atoms with Gasteiger partial charge >= 0.3 is 0 Å². The van der Waals surface area contributed by atoms with Gasteiger partial charge in [0.2, 0.25) is 0 Å². The maximum absolute atomic E-state index is 14.0. The monoisotopic (exact) mass is 260 g/mol. The summed E-state index contributed by atoms with van der Waals surface area (Å²) in [5.41, 5.74) is 0.706. The molecule has 0 bridgehead atoms. The third kappa shape index (κ3) is 1.72. The van der Waals surface area contributed by atoms with E-state index in [1.807, 2.05) is 0 Å². The average molecular weight is 260 g/mol. The number of fused-ring (bicyclic) bond motifs is 1. The Bertz CT molecular complexity index is 679. The molecule has 0 fully saturated rings. The maximum atomic E-state index is 14.0. The lowest BCUT2D eigenvalue weighted by molar-refractivity contribution is -0.114. The van der Waals surface area contributed by atoms with Crippen LogP contribution in [0.5, 0.6) is 0 Å². The van der Waals surface area contributed by atoms with Gasteiger partial charge in [-0.05, 0) is 24.6 Å². The van der Waals surface area contributed by atoms with Gasteiger partial charge in [0.15, 0.2) is 5.76 Å². The Morgan fingerprint density at radius 2 is 2.16 bits per heavy atom. The van der Waals surface area contributed by atoms with Crippen molar-refractivity contribution in [3.63, 3.8) is 0 Å². The van der Waals surface area contributed by atoms with E-state index >= 15 is 0 Å². The molecule has 0 saturated carbocycles. The van der Waals surface area contributed by atoms with Crippen molar-refractivity contribution in [1.82, 2.24) is 5.16 Å². The smallest absolute Gasteiger partial charge is 0.299 e. The average Bonchev–Trinajstić information content (AvgIpc) is 2.93. The van der Waals surface area contributed by atoms with Gasteiger partial charge in [0.1, 0.15) is 5.82 Å². The molecule has 0 N–H and O–H groups in total. The van der Waals surface area contributed by atoms with Crippen LogP contribution in [0.2, 0.25) is 0 Å². The van der Waals surface area contributed by atoms with Crippen molar-refractivity contribution in [3.05, 3.63) is 47.1 Å². The highest BCUT2D eigenvalue weighted by Crippen LogP contribution is 2.33. The van der Waals surface area contributed by atoms with E-state index in [2.05, 4.69) is 5.16 Å². The molecular weight excluding hydrogens is 251 g/mol. The first-order valence-corrected chi connectivity index (χ1v) is 5.64. The van der Waals surface area contributed by atoms with Crippen molar-refractivity contribution in [2.75, 3.05) is 4.90 Å². The lowest BCUT2D eigenvalue weighted by Gasteiger charge is -2.15. The highest BCUT2D eigenvalue weighted by Gasteiger charge is 2.38. The SMILES string of the molecule is Cc1cc(F)c2c(c1)C(=O)C(=O)N2Cc1ccno1. The highest BCUT2D eigenvalue weighted by atomic mass is 19.1. The fourth-order valence-corrected chi connectivity index (χ4v) is 2.15. The zero-order valence-corrected chi connectivity index (χ0v) is 10.0. The van der Waals surface area contributed by atoms with Crippen LogP contribution in [0.15, 0.2) is 28.9 Å². The maximum Gasteiger partial charge on any atom is 0.299 e. The molecule has 19 heavy (non-hydrogen) atoms. The first-order chi connectivity index (χ1) is 9.08. The number of anilines is 1. The molecule has 2 heterocycles. The number of hydrogen-bond acceptors (Lipinski definition) is 4. The number of rotatable bonds is 2. The summed E-state index contributed by atoms with van der Waals surface area (Å²) in [4.78, 5) is 24.8. The third-order valence-electron chi connectivity index (χ3n) is 2.97. The summed E-state index contributed by atoms with van der Waals surface area (Å²) in [6.07, 6.45) is 1.42. The summed E-state index contributed by atoms with van der Waals surface area (Å²) in [6, 6.07) is 4.36. The molecule has 1 aromatic carbocycles. The molecule has 1 aliphatic rings. The number of Topliss-reactive ketones (excluding diaryl/α,β-unsaturated/α-hetero) is 1. The Hall–Kier alpha value is -2.50. The first-order valence-electron chi connectivity index (χ1n) is 5.64. The first kappa shape index (κ1) is 11.6. The van der Waals surface area contributed by atoms with E-state index in [4.69, 9.17) is 4.52 Å². The van der Waals surface area contributed by atoms with Gasteiger partial charge in [0, 0.05) is 6.07 Å². The predicted molar refractivity (Wildman–Crippen MR) is 63.2 cm³/mol. The molecule has 2 aromatic rings. The Kier molecular flexibility index (Phi) is 2.45. The van der Waals surface area contributed by atoms with Crippen LogP contribution in [0, 0.1) is 12.7 Å². The van der Waals surface area contributed by atoms with Gasteiger partial charge < -0.3 is 4.52 Å². The van der Waals surface area contributed by atoms with E-state index in [9.17, 15) is 14.0 Å². The van der Waals surface area contributed by atoms with E-state index in [1.165, 1.54) is 18.3 Å². The largest absolute Gasteiger partial charge is 0.359 e. The molecule has 1 aliphatic heterocycles. The van der Waals surface area contributed by atoms with Crippen LogP contribution >= 0.6 is 0 Å². The van der Waals surface area contributed by atoms with Gasteiger partial charge in [-0.1, -0.05) is 5.16 Å². The number of benzene rings is 1. The second-order valence-corrected chi connectivity index (χ2v) is 4.34. The van der Waals surface area contributed by atoms with Gasteiger partial charge in [-0.2, -0.15) is 0 Å². The molecule has 3 rings (SSSR count). The summed E-state index contributed by atoms with van der Waals surface area (Å²) in [5.74, 6) is -1.66. The lowest BCUT2D eigenvalue weighted by Crippen LogP contribution is -2.29. The molecule has 96 valence electrons. The predicted octanol–water partition coefficient (Wildman–Crippen LogP) is 1.85. The number of aryl methyl sites for hydroxylation is 1. The van der Waals surface area contributed by atoms with Crippen LogP contribution in [0.4, 0.5) is 10.1 Å². The number of amides is 1. The Balaban J connectivity index is 2.09. The van der Waals surface area contributed by atoms with Gasteiger partial charge in [0.05, 0.1) is 24.0 Å². The quantitative estimate of drug-likeness (QED) is 0.773. The standard InChI is InChI=1S/C13H9FN2O3/c1-7-4-9-11(10(14)5-7)16(13(18)12(9)17)6-8-2-3-15-19-8/h2-5H,6H2,1H3. The molecule has 0 unspecified atom stereocenters. The number of nitrogens with zero attached hydrogens (tertiary/aromatic N) is 2. The van der Waals surface area contributed by atoms with Gasteiger partial charge in [-0.25, -0.2) is 4.39 Å². The van der Waals surface area contributed by atoms with Crippen molar-refractivity contribution in [3.8, 4) is 0 Å². The van der Waals surface area contributed by atoms with Crippen LogP contribution in [-0.2, 0) is 11.3 Å². The number of aromatic nitrogens is 1. The Morgan fingerprint density at radius 1 is 1.37 bits per heavy atom. The van der Waals surface area contributed by atoms with Crippen LogP contribution in [0.1, 0.15) is 21.7 Å². The molecule has 6 heteroatoms. The molecule has 5 nitrogen and oxygen atoms in total. The number of carbonyl (C=O) groups is 2. The summed E-state index contributed by atoms with van der Waals surface area (Å²) in [6.45, 7) is 1.65. The van der Waals surface area contributed by atoms with Crippen molar-refractivity contribution in [2.45, 2.75) is 13.5 Å². The van der Waals surface area contributed by atoms with Crippen molar-refractivity contribution in [1.29, 1.82) is 0 Å². The zero-order chi connectivity index (χ0) is 13.6. The number of hydrogen-bond donors (Lipinski definition) is 0. The van der Waals surface area contributed by atoms with Gasteiger partial charge in [-0.15, -0.1) is 0 Å². The second kappa shape index (κ2) is 4.01. The second-order valence-electron chi connectivity index (χ2n) is 4.34. The van der Waals surface area contributed by atoms with E-state index in [0.717, 1.165) is 4.90 Å². The fourth-order valence-electron chi connectivity index (χ4n) is 2.15. The fraction of sp³-hybridized carbons (Fsp3) is 0.154. The van der Waals surface area contributed by atoms with E-state index < -0.39 is 17.5 Å². The molecule has 0 aliphatic carbocycles. The number of carbonyl (C=O) groups excluding carboxylic acids is 2. The van der Waals surface area contributed by atoms with Gasteiger partial charge in [-0.3, -0.25) is 14.5 Å². The minimum atomic E-state index is -0.754. The van der Waals surface area contributed by atoms with E-state index in [-0.39, 0.29) is 17.8 Å². The summed E-state index contributed by atoms with van der Waals surface area (Å²) < 4.78 is 18.9. The van der Waals surface area contributed by atoms with Crippen LogP contribution in [0.3, 0.4) is 0 Å². The van der Waals surface area contributed by atoms with E-state index in [0.29, 0.717) is 11.3 Å². The Labute approximate surface area is 107 Å². The number of ketones is 1. The summed E-state index contributed by atoms with van der Waals surface area (Å²) in [5, 5.41) is 3.51. The number of halogens is 1. The van der Waals surface area contributed by atoms with Crippen LogP contribution in [-0.4, -0.2) is 16.8 Å².